The molecule has 3 rings (SSSR count). The molecule has 0 aromatic rings. The fraction of sp³-hybridized carbons (Fsp3) is 0.765. The molecule has 5 amide bonds. The topological polar surface area (TPSA) is 102 Å². The Kier molecular flexibility index (Phi) is 5.45. The first-order chi connectivity index (χ1) is 12.4. The normalized spacial score (nSPS) is 23.7. The summed E-state index contributed by atoms with van der Waals surface area (Å²) in [5.74, 6) is -0.708. The molecular weight excluding hydrogens is 338 g/mol. The van der Waals surface area contributed by atoms with Crippen LogP contribution in [0.3, 0.4) is 0 Å². The summed E-state index contributed by atoms with van der Waals surface area (Å²) in [6.07, 6.45) is 4.89. The Bertz CT molecular complexity index is 602. The fourth-order valence-corrected chi connectivity index (χ4v) is 4.02. The summed E-state index contributed by atoms with van der Waals surface area (Å²) in [4.78, 5) is 52.4. The molecule has 0 atom stereocenters. The Morgan fingerprint density at radius 1 is 1.04 bits per heavy atom. The Morgan fingerprint density at radius 3 is 2.46 bits per heavy atom. The van der Waals surface area contributed by atoms with Crippen molar-refractivity contribution in [3.8, 4) is 0 Å². The second-order valence-corrected chi connectivity index (χ2v) is 7.38. The van der Waals surface area contributed by atoms with Crippen LogP contribution in [-0.4, -0.2) is 76.8 Å². The lowest BCUT2D eigenvalue weighted by Gasteiger charge is -2.30. The van der Waals surface area contributed by atoms with Crippen molar-refractivity contribution in [2.45, 2.75) is 51.0 Å². The van der Waals surface area contributed by atoms with Gasteiger partial charge in [0.2, 0.25) is 5.91 Å². The smallest absolute Gasteiger partial charge is 0.342 e. The van der Waals surface area contributed by atoms with Gasteiger partial charge in [-0.15, -0.1) is 0 Å². The van der Waals surface area contributed by atoms with Gasteiger partial charge in [0.05, 0.1) is 6.54 Å². The van der Waals surface area contributed by atoms with Gasteiger partial charge in [0.1, 0.15) is 5.54 Å². The standard InChI is InChI=1S/C17H27N5O4/c1-13(23)21-9-5-8-20(10-11-21)12-14(24)19-22-15(25)17(18-16(22)26)6-3-2-4-7-17/h2-12H2,1H3,(H,18,26)(H,19,24). The summed E-state index contributed by atoms with van der Waals surface area (Å²) in [6.45, 7) is 4.19. The maximum Gasteiger partial charge on any atom is 0.344 e. The lowest BCUT2D eigenvalue weighted by molar-refractivity contribution is -0.140. The maximum atomic E-state index is 12.7. The number of urea groups is 1. The number of carbonyl (C=O) groups is 4. The number of hydrazine groups is 1. The summed E-state index contributed by atoms with van der Waals surface area (Å²) in [5.41, 5.74) is 1.62. The summed E-state index contributed by atoms with van der Waals surface area (Å²) >= 11 is 0. The minimum atomic E-state index is -0.840. The van der Waals surface area contributed by atoms with E-state index in [1.165, 1.54) is 0 Å². The minimum absolute atomic E-state index is 0.0356. The van der Waals surface area contributed by atoms with Crippen LogP contribution in [0.4, 0.5) is 4.79 Å². The van der Waals surface area contributed by atoms with Crippen LogP contribution in [0.2, 0.25) is 0 Å². The molecule has 2 heterocycles. The van der Waals surface area contributed by atoms with Crippen LogP contribution in [0, 0.1) is 0 Å². The van der Waals surface area contributed by atoms with Crippen LogP contribution in [-0.2, 0) is 14.4 Å². The largest absolute Gasteiger partial charge is 0.344 e. The van der Waals surface area contributed by atoms with Gasteiger partial charge in [-0.1, -0.05) is 19.3 Å². The summed E-state index contributed by atoms with van der Waals surface area (Å²) in [6, 6.07) is -0.552. The summed E-state index contributed by atoms with van der Waals surface area (Å²) < 4.78 is 0. The Morgan fingerprint density at radius 2 is 1.77 bits per heavy atom. The van der Waals surface area contributed by atoms with E-state index in [9.17, 15) is 19.2 Å². The SMILES string of the molecule is CC(=O)N1CCCN(CC(=O)NN2C(=O)NC3(CCCCC3)C2=O)CC1. The van der Waals surface area contributed by atoms with Gasteiger partial charge in [-0.3, -0.25) is 24.7 Å². The van der Waals surface area contributed by atoms with Crippen molar-refractivity contribution < 1.29 is 19.2 Å². The van der Waals surface area contributed by atoms with Crippen molar-refractivity contribution in [2.24, 2.45) is 0 Å². The predicted octanol–water partition coefficient (Wildman–Crippen LogP) is -0.173. The molecule has 9 heteroatoms. The molecule has 26 heavy (non-hydrogen) atoms. The maximum absolute atomic E-state index is 12.7. The second kappa shape index (κ2) is 7.61. The van der Waals surface area contributed by atoms with Gasteiger partial charge in [0.15, 0.2) is 0 Å². The zero-order valence-electron chi connectivity index (χ0n) is 15.3. The van der Waals surface area contributed by atoms with E-state index in [1.807, 2.05) is 4.90 Å². The van der Waals surface area contributed by atoms with Crippen molar-refractivity contribution in [1.82, 2.24) is 25.6 Å². The predicted molar refractivity (Wildman–Crippen MR) is 92.6 cm³/mol. The average Bonchev–Trinajstić information content (AvgIpc) is 2.78. The van der Waals surface area contributed by atoms with E-state index < -0.39 is 17.5 Å². The van der Waals surface area contributed by atoms with Crippen LogP contribution in [0.15, 0.2) is 0 Å². The molecule has 1 aliphatic carbocycles. The van der Waals surface area contributed by atoms with Gasteiger partial charge in [0, 0.05) is 33.1 Å². The number of imide groups is 1. The van der Waals surface area contributed by atoms with Crippen molar-refractivity contribution in [3.63, 3.8) is 0 Å². The Balaban J connectivity index is 1.54. The first kappa shape index (κ1) is 18.6. The molecule has 3 fully saturated rings. The minimum Gasteiger partial charge on any atom is -0.342 e. The molecule has 1 spiro atoms. The lowest BCUT2D eigenvalue weighted by atomic mass is 9.82. The van der Waals surface area contributed by atoms with Crippen LogP contribution >= 0.6 is 0 Å². The molecule has 1 saturated carbocycles. The van der Waals surface area contributed by atoms with E-state index >= 15 is 0 Å². The molecule has 0 unspecified atom stereocenters. The van der Waals surface area contributed by atoms with E-state index in [1.54, 1.807) is 11.8 Å². The highest BCUT2D eigenvalue weighted by Gasteiger charge is 2.52. The van der Waals surface area contributed by atoms with E-state index in [2.05, 4.69) is 10.7 Å². The van der Waals surface area contributed by atoms with Gasteiger partial charge < -0.3 is 10.2 Å². The first-order valence-corrected chi connectivity index (χ1v) is 9.35. The van der Waals surface area contributed by atoms with Crippen LogP contribution in [0.5, 0.6) is 0 Å². The molecule has 2 aliphatic heterocycles. The van der Waals surface area contributed by atoms with Crippen molar-refractivity contribution in [1.29, 1.82) is 0 Å². The molecule has 0 aromatic heterocycles. The molecule has 0 bridgehead atoms. The average molecular weight is 365 g/mol. The molecule has 9 nitrogen and oxygen atoms in total. The quantitative estimate of drug-likeness (QED) is 0.676. The van der Waals surface area contributed by atoms with Gasteiger partial charge in [-0.25, -0.2) is 4.79 Å². The van der Waals surface area contributed by atoms with Crippen LogP contribution in [0.1, 0.15) is 45.4 Å². The Hall–Kier alpha value is -2.16. The van der Waals surface area contributed by atoms with Crippen molar-refractivity contribution >= 4 is 23.8 Å². The highest BCUT2D eigenvalue weighted by atomic mass is 16.2. The number of amides is 5. The van der Waals surface area contributed by atoms with E-state index in [-0.39, 0.29) is 18.4 Å². The molecule has 144 valence electrons. The number of nitrogens with zero attached hydrogens (tertiary/aromatic N) is 3. The summed E-state index contributed by atoms with van der Waals surface area (Å²) in [7, 11) is 0. The van der Waals surface area contributed by atoms with Crippen molar-refractivity contribution in [2.75, 3.05) is 32.7 Å². The monoisotopic (exact) mass is 365 g/mol. The molecule has 0 aromatic carbocycles. The van der Waals surface area contributed by atoms with Gasteiger partial charge in [-0.05, 0) is 19.3 Å². The molecular formula is C17H27N5O4. The molecule has 0 radical (unpaired) electrons. The fourth-order valence-electron chi connectivity index (χ4n) is 4.02. The Labute approximate surface area is 153 Å². The van der Waals surface area contributed by atoms with E-state index in [0.29, 0.717) is 39.0 Å². The van der Waals surface area contributed by atoms with Crippen LogP contribution < -0.4 is 10.7 Å². The van der Waals surface area contributed by atoms with E-state index in [0.717, 1.165) is 30.7 Å². The van der Waals surface area contributed by atoms with Gasteiger partial charge >= 0.3 is 6.03 Å². The second-order valence-electron chi connectivity index (χ2n) is 7.38. The number of hydrogen-bond donors (Lipinski definition) is 2. The first-order valence-electron chi connectivity index (χ1n) is 9.35. The zero-order chi connectivity index (χ0) is 18.7. The number of hydrogen-bond acceptors (Lipinski definition) is 5. The lowest BCUT2D eigenvalue weighted by Crippen LogP contribution is -2.52. The molecule has 2 saturated heterocycles. The summed E-state index contributed by atoms with van der Waals surface area (Å²) in [5, 5.41) is 3.61. The number of carbonyl (C=O) groups excluding carboxylic acids is 4. The van der Waals surface area contributed by atoms with Crippen molar-refractivity contribution in [3.05, 3.63) is 0 Å². The zero-order valence-corrected chi connectivity index (χ0v) is 15.3. The van der Waals surface area contributed by atoms with Gasteiger partial charge in [0.25, 0.3) is 11.8 Å². The highest BCUT2D eigenvalue weighted by Crippen LogP contribution is 2.32. The molecule has 2 N–H and O–H groups in total. The molecule has 3 aliphatic rings. The number of rotatable bonds is 3. The van der Waals surface area contributed by atoms with Crippen LogP contribution in [0.25, 0.3) is 0 Å². The third-order valence-electron chi connectivity index (χ3n) is 5.51. The number of nitrogens with one attached hydrogen (secondary N) is 2. The van der Waals surface area contributed by atoms with Gasteiger partial charge in [-0.2, -0.15) is 5.01 Å². The highest BCUT2D eigenvalue weighted by molar-refractivity contribution is 6.08. The van der Waals surface area contributed by atoms with E-state index in [4.69, 9.17) is 0 Å². The third kappa shape index (κ3) is 3.82. The third-order valence-corrected chi connectivity index (χ3v) is 5.51.